The summed E-state index contributed by atoms with van der Waals surface area (Å²) in [7, 11) is 0. The molecule has 3 fully saturated rings. The topological polar surface area (TPSA) is 104 Å². The third kappa shape index (κ3) is 2.12. The SMILES string of the molecule is C[C@@]12O[C@](C)(C[C@H]1O)[C@H]1C(=O)N(c3cnc(C#N)c(C(F)(F)F)c3)C(=O)[C@H]12. The number of aromatic nitrogens is 1. The molecule has 0 unspecified atom stereocenters. The van der Waals surface area contributed by atoms with Crippen molar-refractivity contribution >= 4 is 17.5 Å². The number of pyridine rings is 1. The Balaban J connectivity index is 1.81. The minimum absolute atomic E-state index is 0.150. The van der Waals surface area contributed by atoms with Crippen LogP contribution in [0.2, 0.25) is 0 Å². The number of nitriles is 1. The number of hydrogen-bond acceptors (Lipinski definition) is 6. The fourth-order valence-electron chi connectivity index (χ4n) is 4.66. The number of anilines is 1. The van der Waals surface area contributed by atoms with Crippen molar-refractivity contribution in [3.63, 3.8) is 0 Å². The van der Waals surface area contributed by atoms with E-state index in [1.54, 1.807) is 6.92 Å². The van der Waals surface area contributed by atoms with Crippen molar-refractivity contribution in [2.24, 2.45) is 11.8 Å². The van der Waals surface area contributed by atoms with Crippen molar-refractivity contribution in [2.75, 3.05) is 4.90 Å². The smallest absolute Gasteiger partial charge is 0.390 e. The molecule has 10 heteroatoms. The van der Waals surface area contributed by atoms with Gasteiger partial charge in [-0.2, -0.15) is 18.4 Å². The van der Waals surface area contributed by atoms with Gasteiger partial charge in [-0.1, -0.05) is 0 Å². The second-order valence-corrected chi connectivity index (χ2v) is 7.48. The van der Waals surface area contributed by atoms with E-state index in [0.29, 0.717) is 11.0 Å². The molecular formula is C17H14F3N3O4. The largest absolute Gasteiger partial charge is 0.419 e. The molecule has 0 radical (unpaired) electrons. The average molecular weight is 381 g/mol. The molecule has 0 saturated carbocycles. The highest BCUT2D eigenvalue weighted by molar-refractivity contribution is 6.23. The first-order valence-electron chi connectivity index (χ1n) is 8.17. The van der Waals surface area contributed by atoms with Crippen LogP contribution in [-0.4, -0.2) is 39.2 Å². The summed E-state index contributed by atoms with van der Waals surface area (Å²) in [4.78, 5) is 30.0. The number of amides is 2. The number of imide groups is 1. The van der Waals surface area contributed by atoms with Gasteiger partial charge in [-0.05, 0) is 19.9 Å². The van der Waals surface area contributed by atoms with E-state index in [9.17, 15) is 27.9 Å². The number of nitrogens with zero attached hydrogens (tertiary/aromatic N) is 3. The van der Waals surface area contributed by atoms with Crippen LogP contribution in [0.25, 0.3) is 0 Å². The van der Waals surface area contributed by atoms with E-state index < -0.39 is 58.4 Å². The van der Waals surface area contributed by atoms with Gasteiger partial charge >= 0.3 is 6.18 Å². The molecule has 4 heterocycles. The van der Waals surface area contributed by atoms with Crippen LogP contribution in [0, 0.1) is 23.2 Å². The van der Waals surface area contributed by atoms with Gasteiger partial charge in [-0.3, -0.25) is 9.59 Å². The van der Waals surface area contributed by atoms with Crippen molar-refractivity contribution < 1.29 is 32.6 Å². The van der Waals surface area contributed by atoms with Gasteiger partial charge in [0, 0.05) is 6.42 Å². The summed E-state index contributed by atoms with van der Waals surface area (Å²) in [5.74, 6) is -3.33. The van der Waals surface area contributed by atoms with Crippen LogP contribution in [-0.2, 0) is 20.5 Å². The summed E-state index contributed by atoms with van der Waals surface area (Å²) in [6.07, 6.45) is -4.79. The molecule has 0 aromatic carbocycles. The van der Waals surface area contributed by atoms with Gasteiger partial charge in [-0.25, -0.2) is 9.88 Å². The fraction of sp³-hybridized carbons (Fsp3) is 0.529. The van der Waals surface area contributed by atoms with Gasteiger partial charge in [0.25, 0.3) is 0 Å². The maximum Gasteiger partial charge on any atom is 0.419 e. The standard InChI is InChI=1S/C17H14F3N3O4/c1-15-4-10(24)16(2,27-15)12-11(15)13(25)23(14(12)26)7-3-8(17(18,19)20)9(5-21)22-6-7/h3,6,10-12,24H,4H2,1-2H3/t10-,11-,12+,15-,16-/m1/s1. The Morgan fingerprint density at radius 1 is 1.33 bits per heavy atom. The lowest BCUT2D eigenvalue weighted by molar-refractivity contribution is -0.138. The number of carbonyl (C=O) groups excluding carboxylic acids is 2. The van der Waals surface area contributed by atoms with E-state index in [1.165, 1.54) is 13.0 Å². The molecule has 3 aliphatic rings. The van der Waals surface area contributed by atoms with E-state index in [4.69, 9.17) is 10.00 Å². The maximum atomic E-state index is 13.2. The van der Waals surface area contributed by atoms with E-state index >= 15 is 0 Å². The second-order valence-electron chi connectivity index (χ2n) is 7.48. The predicted octanol–water partition coefficient (Wildman–Crippen LogP) is 1.39. The van der Waals surface area contributed by atoms with Gasteiger partial charge < -0.3 is 9.84 Å². The Morgan fingerprint density at radius 3 is 2.56 bits per heavy atom. The highest BCUT2D eigenvalue weighted by Gasteiger charge is 2.75. The lowest BCUT2D eigenvalue weighted by Gasteiger charge is -2.31. The van der Waals surface area contributed by atoms with Crippen LogP contribution in [0.5, 0.6) is 0 Å². The number of aliphatic hydroxyl groups excluding tert-OH is 1. The van der Waals surface area contributed by atoms with Gasteiger partial charge in [0.05, 0.1) is 41.0 Å². The normalized spacial score (nSPS) is 37.7. The second kappa shape index (κ2) is 5.05. The highest BCUT2D eigenvalue weighted by Crippen LogP contribution is 2.61. The molecule has 3 aliphatic heterocycles. The Bertz CT molecular complexity index is 927. The van der Waals surface area contributed by atoms with Gasteiger partial charge in [0.2, 0.25) is 11.8 Å². The summed E-state index contributed by atoms with van der Waals surface area (Å²) in [5, 5.41) is 19.1. The zero-order valence-electron chi connectivity index (χ0n) is 14.2. The molecule has 2 bridgehead atoms. The third-order valence-corrected chi connectivity index (χ3v) is 5.84. The van der Waals surface area contributed by atoms with E-state index in [-0.39, 0.29) is 12.1 Å². The highest BCUT2D eigenvalue weighted by atomic mass is 19.4. The molecular weight excluding hydrogens is 367 g/mol. The van der Waals surface area contributed by atoms with Crippen LogP contribution >= 0.6 is 0 Å². The van der Waals surface area contributed by atoms with Gasteiger partial charge in [0.15, 0.2) is 5.69 Å². The number of carbonyl (C=O) groups is 2. The number of rotatable bonds is 1. The van der Waals surface area contributed by atoms with Crippen LogP contribution in [0.15, 0.2) is 12.3 Å². The van der Waals surface area contributed by atoms with E-state index in [0.717, 1.165) is 6.20 Å². The molecule has 3 saturated heterocycles. The summed E-state index contributed by atoms with van der Waals surface area (Å²) in [6, 6.07) is 1.93. The first-order chi connectivity index (χ1) is 12.4. The number of alkyl halides is 3. The quantitative estimate of drug-likeness (QED) is 0.738. The zero-order chi connectivity index (χ0) is 19.9. The molecule has 2 amide bonds. The van der Waals surface area contributed by atoms with Gasteiger partial charge in [0.1, 0.15) is 11.7 Å². The van der Waals surface area contributed by atoms with Gasteiger partial charge in [-0.15, -0.1) is 0 Å². The van der Waals surface area contributed by atoms with Crippen molar-refractivity contribution in [3.8, 4) is 6.07 Å². The maximum absolute atomic E-state index is 13.2. The summed E-state index contributed by atoms with van der Waals surface area (Å²) >= 11 is 0. The molecule has 4 rings (SSSR count). The van der Waals surface area contributed by atoms with Crippen LogP contribution in [0.1, 0.15) is 31.5 Å². The predicted molar refractivity (Wildman–Crippen MR) is 81.9 cm³/mol. The van der Waals surface area contributed by atoms with Crippen LogP contribution in [0.4, 0.5) is 18.9 Å². The Kier molecular flexibility index (Phi) is 3.35. The number of halogens is 3. The van der Waals surface area contributed by atoms with Crippen molar-refractivity contribution in [1.29, 1.82) is 5.26 Å². The average Bonchev–Trinajstić information content (AvgIpc) is 3.07. The van der Waals surface area contributed by atoms with Crippen molar-refractivity contribution in [3.05, 3.63) is 23.5 Å². The summed E-state index contributed by atoms with van der Waals surface area (Å²) < 4.78 is 45.4. The van der Waals surface area contributed by atoms with Crippen molar-refractivity contribution in [2.45, 2.75) is 43.8 Å². The third-order valence-electron chi connectivity index (χ3n) is 5.84. The van der Waals surface area contributed by atoms with Crippen LogP contribution in [0.3, 0.4) is 0 Å². The van der Waals surface area contributed by atoms with Crippen molar-refractivity contribution in [1.82, 2.24) is 4.98 Å². The fourth-order valence-corrected chi connectivity index (χ4v) is 4.66. The number of ether oxygens (including phenoxy) is 1. The number of aliphatic hydroxyl groups is 1. The summed E-state index contributed by atoms with van der Waals surface area (Å²) in [5.41, 5.74) is -4.88. The Hall–Kier alpha value is -2.51. The van der Waals surface area contributed by atoms with E-state index in [1.807, 2.05) is 0 Å². The van der Waals surface area contributed by atoms with Crippen LogP contribution < -0.4 is 4.90 Å². The minimum atomic E-state index is -4.87. The molecule has 0 spiro atoms. The molecule has 7 nitrogen and oxygen atoms in total. The Labute approximate surface area is 151 Å². The van der Waals surface area contributed by atoms with E-state index in [2.05, 4.69) is 4.98 Å². The molecule has 1 aromatic rings. The minimum Gasteiger partial charge on any atom is -0.390 e. The lowest BCUT2D eigenvalue weighted by Crippen LogP contribution is -2.49. The molecule has 1 aromatic heterocycles. The number of fused-ring (bicyclic) bond motifs is 5. The molecule has 1 N–H and O–H groups in total. The molecule has 142 valence electrons. The monoisotopic (exact) mass is 381 g/mol. The first-order valence-corrected chi connectivity index (χ1v) is 8.17. The summed E-state index contributed by atoms with van der Waals surface area (Å²) in [6.45, 7) is 3.14. The molecule has 27 heavy (non-hydrogen) atoms. The first kappa shape index (κ1) is 17.9. The molecule has 5 atom stereocenters. The Morgan fingerprint density at radius 2 is 1.96 bits per heavy atom. The zero-order valence-corrected chi connectivity index (χ0v) is 14.2. The molecule has 0 aliphatic carbocycles. The number of hydrogen-bond donors (Lipinski definition) is 1. The lowest BCUT2D eigenvalue weighted by atomic mass is 9.67.